The van der Waals surface area contributed by atoms with Gasteiger partial charge in [0.05, 0.1) is 0 Å². The first-order chi connectivity index (χ1) is 9.61. The van der Waals surface area contributed by atoms with Crippen LogP contribution in [-0.2, 0) is 19.3 Å². The summed E-state index contributed by atoms with van der Waals surface area (Å²) in [5, 5.41) is 0. The first-order valence-electron chi connectivity index (χ1n) is 7.28. The summed E-state index contributed by atoms with van der Waals surface area (Å²) in [4.78, 5) is 9.40. The molecule has 0 saturated heterocycles. The van der Waals surface area contributed by atoms with Crippen LogP contribution in [0.3, 0.4) is 0 Å². The van der Waals surface area contributed by atoms with E-state index in [4.69, 9.17) is 10.7 Å². The molecule has 0 fully saturated rings. The minimum absolute atomic E-state index is 0.137. The van der Waals surface area contributed by atoms with Crippen LogP contribution in [0.15, 0.2) is 30.3 Å². The Bertz CT molecular complexity index is 594. The fourth-order valence-electron chi connectivity index (χ4n) is 3.02. The molecular formula is C17H21N3. The van der Waals surface area contributed by atoms with Gasteiger partial charge in [-0.1, -0.05) is 24.3 Å². The molecule has 0 radical (unpaired) electrons. The fraction of sp³-hybridized carbons (Fsp3) is 0.412. The third-order valence-electron chi connectivity index (χ3n) is 3.87. The quantitative estimate of drug-likeness (QED) is 0.930. The second-order valence-corrected chi connectivity index (χ2v) is 5.91. The highest BCUT2D eigenvalue weighted by Gasteiger charge is 2.25. The van der Waals surface area contributed by atoms with Crippen LogP contribution >= 0.6 is 0 Å². The molecule has 1 atom stereocenters. The zero-order valence-corrected chi connectivity index (χ0v) is 12.1. The number of nitrogens with two attached hydrogens (primary N) is 1. The molecule has 0 aliphatic heterocycles. The van der Waals surface area contributed by atoms with Gasteiger partial charge < -0.3 is 5.73 Å². The molecule has 2 N–H and O–H groups in total. The normalized spacial score (nSPS) is 16.1. The minimum atomic E-state index is 0.137. The average Bonchev–Trinajstić information content (AvgIpc) is 2.80. The molecule has 3 nitrogen and oxygen atoms in total. The van der Waals surface area contributed by atoms with E-state index in [0.29, 0.717) is 5.92 Å². The SMILES string of the molecule is Cc1cc(CC(C)N)nc(C2Cc3ccccc3C2)n1. The average molecular weight is 267 g/mol. The van der Waals surface area contributed by atoms with Crippen LogP contribution in [-0.4, -0.2) is 16.0 Å². The molecule has 1 unspecified atom stereocenters. The Labute approximate surface area is 120 Å². The molecule has 104 valence electrons. The number of nitrogens with zero attached hydrogens (tertiary/aromatic N) is 2. The maximum Gasteiger partial charge on any atom is 0.132 e. The number of aryl methyl sites for hydroxylation is 1. The van der Waals surface area contributed by atoms with Gasteiger partial charge >= 0.3 is 0 Å². The van der Waals surface area contributed by atoms with E-state index >= 15 is 0 Å². The van der Waals surface area contributed by atoms with Gasteiger partial charge in [0.15, 0.2) is 0 Å². The second kappa shape index (κ2) is 5.33. The van der Waals surface area contributed by atoms with Gasteiger partial charge in [-0.25, -0.2) is 9.97 Å². The summed E-state index contributed by atoms with van der Waals surface area (Å²) in [6, 6.07) is 10.8. The zero-order valence-electron chi connectivity index (χ0n) is 12.1. The van der Waals surface area contributed by atoms with Gasteiger partial charge in [-0.3, -0.25) is 0 Å². The van der Waals surface area contributed by atoms with E-state index in [9.17, 15) is 0 Å². The van der Waals surface area contributed by atoms with Crippen LogP contribution < -0.4 is 5.73 Å². The third-order valence-corrected chi connectivity index (χ3v) is 3.87. The molecule has 2 aromatic rings. The molecule has 3 rings (SSSR count). The highest BCUT2D eigenvalue weighted by atomic mass is 14.9. The molecule has 1 aliphatic rings. The van der Waals surface area contributed by atoms with Gasteiger partial charge in [-0.2, -0.15) is 0 Å². The highest BCUT2D eigenvalue weighted by molar-refractivity contribution is 5.35. The lowest BCUT2D eigenvalue weighted by Crippen LogP contribution is -2.19. The van der Waals surface area contributed by atoms with E-state index < -0.39 is 0 Å². The molecule has 0 bridgehead atoms. The first-order valence-corrected chi connectivity index (χ1v) is 7.28. The predicted octanol–water partition coefficient (Wildman–Crippen LogP) is 2.56. The smallest absolute Gasteiger partial charge is 0.132 e. The minimum Gasteiger partial charge on any atom is -0.328 e. The van der Waals surface area contributed by atoms with E-state index in [1.165, 1.54) is 11.1 Å². The summed E-state index contributed by atoms with van der Waals surface area (Å²) in [5.74, 6) is 1.40. The van der Waals surface area contributed by atoms with Crippen molar-refractivity contribution in [3.63, 3.8) is 0 Å². The van der Waals surface area contributed by atoms with Crippen molar-refractivity contribution in [2.45, 2.75) is 45.1 Å². The van der Waals surface area contributed by atoms with E-state index in [0.717, 1.165) is 36.5 Å². The summed E-state index contributed by atoms with van der Waals surface area (Å²) in [6.07, 6.45) is 2.92. The molecule has 0 spiro atoms. The van der Waals surface area contributed by atoms with Gasteiger partial charge in [-0.05, 0) is 43.9 Å². The number of benzene rings is 1. The van der Waals surface area contributed by atoms with Crippen LogP contribution in [0.25, 0.3) is 0 Å². The van der Waals surface area contributed by atoms with E-state index in [1.807, 2.05) is 13.8 Å². The Morgan fingerprint density at radius 1 is 1.20 bits per heavy atom. The van der Waals surface area contributed by atoms with Crippen molar-refractivity contribution >= 4 is 0 Å². The monoisotopic (exact) mass is 267 g/mol. The van der Waals surface area contributed by atoms with Gasteiger partial charge in [0.1, 0.15) is 5.82 Å². The Morgan fingerprint density at radius 2 is 1.85 bits per heavy atom. The van der Waals surface area contributed by atoms with Crippen molar-refractivity contribution in [2.24, 2.45) is 5.73 Å². The highest BCUT2D eigenvalue weighted by Crippen LogP contribution is 2.32. The van der Waals surface area contributed by atoms with Crippen LogP contribution in [0.4, 0.5) is 0 Å². The van der Waals surface area contributed by atoms with Crippen LogP contribution in [0.2, 0.25) is 0 Å². The molecule has 3 heteroatoms. The molecule has 1 aromatic carbocycles. The summed E-state index contributed by atoms with van der Waals surface area (Å²) >= 11 is 0. The van der Waals surface area contributed by atoms with E-state index in [-0.39, 0.29) is 6.04 Å². The number of fused-ring (bicyclic) bond motifs is 1. The zero-order chi connectivity index (χ0) is 14.1. The van der Waals surface area contributed by atoms with Gasteiger partial charge in [-0.15, -0.1) is 0 Å². The molecule has 20 heavy (non-hydrogen) atoms. The van der Waals surface area contributed by atoms with Crippen molar-refractivity contribution in [1.82, 2.24) is 9.97 Å². The Hall–Kier alpha value is -1.74. The second-order valence-electron chi connectivity index (χ2n) is 5.91. The van der Waals surface area contributed by atoms with Gasteiger partial charge in [0.25, 0.3) is 0 Å². The number of hydrogen-bond donors (Lipinski definition) is 1. The maximum atomic E-state index is 5.89. The third kappa shape index (κ3) is 2.73. The number of aromatic nitrogens is 2. The standard InChI is InChI=1S/C17H21N3/c1-11(18)7-16-8-12(2)19-17(20-16)15-9-13-5-3-4-6-14(13)10-15/h3-6,8,11,15H,7,9-10,18H2,1-2H3. The maximum absolute atomic E-state index is 5.89. The lowest BCUT2D eigenvalue weighted by atomic mass is 10.0. The molecule has 0 amide bonds. The van der Waals surface area contributed by atoms with Crippen molar-refractivity contribution < 1.29 is 0 Å². The Kier molecular flexibility index (Phi) is 3.53. The van der Waals surface area contributed by atoms with E-state index in [1.54, 1.807) is 0 Å². The largest absolute Gasteiger partial charge is 0.328 e. The van der Waals surface area contributed by atoms with Gasteiger partial charge in [0.2, 0.25) is 0 Å². The number of hydrogen-bond acceptors (Lipinski definition) is 3. The summed E-state index contributed by atoms with van der Waals surface area (Å²) in [7, 11) is 0. The van der Waals surface area contributed by atoms with Crippen LogP contribution in [0.5, 0.6) is 0 Å². The van der Waals surface area contributed by atoms with Crippen molar-refractivity contribution in [2.75, 3.05) is 0 Å². The Balaban J connectivity index is 1.87. The first kappa shape index (κ1) is 13.3. The fourth-order valence-corrected chi connectivity index (χ4v) is 3.02. The summed E-state index contributed by atoms with van der Waals surface area (Å²) in [5.41, 5.74) is 10.9. The number of rotatable bonds is 3. The topological polar surface area (TPSA) is 51.8 Å². The lowest BCUT2D eigenvalue weighted by Gasteiger charge is -2.12. The van der Waals surface area contributed by atoms with Crippen LogP contribution in [0.1, 0.15) is 41.2 Å². The summed E-state index contributed by atoms with van der Waals surface area (Å²) < 4.78 is 0. The molecular weight excluding hydrogens is 246 g/mol. The lowest BCUT2D eigenvalue weighted by molar-refractivity contribution is 0.653. The molecule has 1 aliphatic carbocycles. The Morgan fingerprint density at radius 3 is 2.45 bits per heavy atom. The van der Waals surface area contributed by atoms with Crippen molar-refractivity contribution in [1.29, 1.82) is 0 Å². The summed E-state index contributed by atoms with van der Waals surface area (Å²) in [6.45, 7) is 4.06. The van der Waals surface area contributed by atoms with Crippen molar-refractivity contribution in [3.8, 4) is 0 Å². The molecule has 1 heterocycles. The predicted molar refractivity (Wildman–Crippen MR) is 80.7 cm³/mol. The van der Waals surface area contributed by atoms with Gasteiger partial charge in [0, 0.05) is 29.8 Å². The molecule has 0 saturated carbocycles. The van der Waals surface area contributed by atoms with Crippen molar-refractivity contribution in [3.05, 3.63) is 58.7 Å². The van der Waals surface area contributed by atoms with Crippen LogP contribution in [0, 0.1) is 6.92 Å². The molecule has 1 aromatic heterocycles. The van der Waals surface area contributed by atoms with E-state index in [2.05, 4.69) is 35.3 Å².